The fourth-order valence-electron chi connectivity index (χ4n) is 2.33. The minimum absolute atomic E-state index is 0.0660. The number of carbonyl (C=O) groups excluding carboxylic acids is 1. The summed E-state index contributed by atoms with van der Waals surface area (Å²) in [5, 5.41) is 12.6. The quantitative estimate of drug-likeness (QED) is 0.467. The molecule has 0 saturated heterocycles. The van der Waals surface area contributed by atoms with E-state index >= 15 is 0 Å². The Bertz CT molecular complexity index is 920. The maximum Gasteiger partial charge on any atom is 0.266 e. The third-order valence-corrected chi connectivity index (χ3v) is 3.83. The van der Waals surface area contributed by atoms with E-state index in [9.17, 15) is 10.1 Å². The zero-order chi connectivity index (χ0) is 18.9. The average molecular weight is 365 g/mol. The number of aryl methyl sites for hydroxylation is 1. The van der Waals surface area contributed by atoms with Gasteiger partial charge in [0.2, 0.25) is 0 Å². The van der Waals surface area contributed by atoms with Crippen LogP contribution in [0.1, 0.15) is 18.1 Å². The van der Waals surface area contributed by atoms with E-state index < -0.39 is 5.91 Å². The van der Waals surface area contributed by atoms with Gasteiger partial charge in [-0.05, 0) is 42.3 Å². The van der Waals surface area contributed by atoms with Gasteiger partial charge in [-0.25, -0.2) is 0 Å². The van der Waals surface area contributed by atoms with Crippen LogP contribution in [-0.4, -0.2) is 12.5 Å². The Balaban J connectivity index is 2.33. The molecular weight excluding hydrogens is 348 g/mol. The van der Waals surface area contributed by atoms with E-state index in [1.165, 1.54) is 6.08 Å². The molecule has 0 spiro atoms. The second kappa shape index (κ2) is 9.32. The molecule has 0 unspecified atom stereocenters. The van der Waals surface area contributed by atoms with Crippen molar-refractivity contribution in [3.05, 3.63) is 64.2 Å². The summed E-state index contributed by atoms with van der Waals surface area (Å²) in [5.41, 5.74) is 2.10. The summed E-state index contributed by atoms with van der Waals surface area (Å²) in [6.07, 6.45) is 7.41. The van der Waals surface area contributed by atoms with Crippen molar-refractivity contribution in [2.45, 2.75) is 13.3 Å². The molecule has 0 aliphatic carbocycles. The summed E-state index contributed by atoms with van der Waals surface area (Å²) >= 11 is 6.02. The van der Waals surface area contributed by atoms with Crippen LogP contribution in [0.15, 0.2) is 48.0 Å². The number of ether oxygens (including phenoxy) is 1. The van der Waals surface area contributed by atoms with E-state index in [0.29, 0.717) is 22.0 Å². The molecule has 1 N–H and O–H groups in total. The number of anilines is 1. The second-order valence-electron chi connectivity index (χ2n) is 5.31. The molecule has 5 heteroatoms. The number of hydrogen-bond acceptors (Lipinski definition) is 3. The maximum absolute atomic E-state index is 12.5. The highest BCUT2D eigenvalue weighted by Gasteiger charge is 2.13. The first-order chi connectivity index (χ1) is 12.6. The topological polar surface area (TPSA) is 62.1 Å². The number of benzene rings is 2. The second-order valence-corrected chi connectivity index (χ2v) is 5.75. The van der Waals surface area contributed by atoms with Crippen LogP contribution in [-0.2, 0) is 11.2 Å². The molecule has 2 aromatic rings. The van der Waals surface area contributed by atoms with Gasteiger partial charge >= 0.3 is 0 Å². The third kappa shape index (κ3) is 4.89. The van der Waals surface area contributed by atoms with Gasteiger partial charge in [-0.2, -0.15) is 5.26 Å². The van der Waals surface area contributed by atoms with Crippen LogP contribution in [0.25, 0.3) is 6.08 Å². The highest BCUT2D eigenvalue weighted by atomic mass is 35.5. The van der Waals surface area contributed by atoms with Crippen LogP contribution in [0.5, 0.6) is 5.75 Å². The number of nitrogens with zero attached hydrogens (tertiary/aromatic N) is 1. The number of halogens is 1. The van der Waals surface area contributed by atoms with Crippen molar-refractivity contribution in [3.8, 4) is 24.2 Å². The summed E-state index contributed by atoms with van der Waals surface area (Å²) in [5.74, 6) is 2.32. The van der Waals surface area contributed by atoms with Crippen molar-refractivity contribution in [1.29, 1.82) is 5.26 Å². The van der Waals surface area contributed by atoms with Gasteiger partial charge in [0.15, 0.2) is 0 Å². The van der Waals surface area contributed by atoms with Gasteiger partial charge in [-0.1, -0.05) is 42.6 Å². The van der Waals surface area contributed by atoms with Crippen LogP contribution in [0.3, 0.4) is 0 Å². The maximum atomic E-state index is 12.5. The van der Waals surface area contributed by atoms with Gasteiger partial charge in [-0.3, -0.25) is 4.79 Å². The Morgan fingerprint density at radius 2 is 2.12 bits per heavy atom. The highest BCUT2D eigenvalue weighted by Crippen LogP contribution is 2.26. The van der Waals surface area contributed by atoms with Gasteiger partial charge in [-0.15, -0.1) is 6.42 Å². The van der Waals surface area contributed by atoms with Gasteiger partial charge in [0, 0.05) is 16.3 Å². The van der Waals surface area contributed by atoms with Crippen LogP contribution >= 0.6 is 11.6 Å². The van der Waals surface area contributed by atoms with Gasteiger partial charge in [0.05, 0.1) is 0 Å². The predicted octanol–water partition coefficient (Wildman–Crippen LogP) is 4.46. The standard InChI is InChI=1S/C21H17ClN2O2/c1-3-11-26-20-10-9-18(22)13-16(20)12-17(14-23)21(25)24-19-8-6-5-7-15(19)4-2/h1,5-10,12-13H,4,11H2,2H3,(H,24,25)/b17-12+. The Hall–Kier alpha value is -3.21. The minimum Gasteiger partial charge on any atom is -0.480 e. The van der Waals surface area contributed by atoms with Crippen molar-refractivity contribution >= 4 is 29.3 Å². The molecule has 130 valence electrons. The van der Waals surface area contributed by atoms with E-state index in [2.05, 4.69) is 11.2 Å². The third-order valence-electron chi connectivity index (χ3n) is 3.59. The molecule has 0 saturated carbocycles. The number of nitrogens with one attached hydrogen (secondary N) is 1. The molecule has 2 rings (SSSR count). The molecule has 1 amide bonds. The lowest BCUT2D eigenvalue weighted by atomic mass is 10.1. The first kappa shape index (κ1) is 19.1. The molecule has 4 nitrogen and oxygen atoms in total. The SMILES string of the molecule is C#CCOc1ccc(Cl)cc1/C=C(\C#N)C(=O)Nc1ccccc1CC. The van der Waals surface area contributed by atoms with E-state index in [1.54, 1.807) is 24.3 Å². The molecule has 0 aromatic heterocycles. The largest absolute Gasteiger partial charge is 0.480 e. The normalized spacial score (nSPS) is 10.5. The summed E-state index contributed by atoms with van der Waals surface area (Å²) in [6, 6.07) is 14.3. The number of amides is 1. The minimum atomic E-state index is -0.503. The highest BCUT2D eigenvalue weighted by molar-refractivity contribution is 6.30. The number of nitriles is 1. The molecule has 2 aromatic carbocycles. The molecule has 0 fully saturated rings. The van der Waals surface area contributed by atoms with Crippen LogP contribution < -0.4 is 10.1 Å². The number of terminal acetylenes is 1. The zero-order valence-electron chi connectivity index (χ0n) is 14.3. The average Bonchev–Trinajstić information content (AvgIpc) is 2.65. The number of carbonyl (C=O) groups is 1. The van der Waals surface area contributed by atoms with E-state index in [4.69, 9.17) is 22.8 Å². The molecule has 0 bridgehead atoms. The summed E-state index contributed by atoms with van der Waals surface area (Å²) in [7, 11) is 0. The molecule has 0 atom stereocenters. The summed E-state index contributed by atoms with van der Waals surface area (Å²) in [6.45, 7) is 2.06. The van der Waals surface area contributed by atoms with Crippen LogP contribution in [0, 0.1) is 23.7 Å². The van der Waals surface area contributed by atoms with E-state index in [0.717, 1.165) is 12.0 Å². The lowest BCUT2D eigenvalue weighted by Gasteiger charge is -2.10. The zero-order valence-corrected chi connectivity index (χ0v) is 15.0. The van der Waals surface area contributed by atoms with Gasteiger partial charge < -0.3 is 10.1 Å². The monoisotopic (exact) mass is 364 g/mol. The first-order valence-electron chi connectivity index (χ1n) is 7.96. The van der Waals surface area contributed by atoms with Crippen molar-refractivity contribution in [1.82, 2.24) is 0 Å². The molecule has 26 heavy (non-hydrogen) atoms. The smallest absolute Gasteiger partial charge is 0.266 e. The molecule has 0 aliphatic rings. The van der Waals surface area contributed by atoms with E-state index in [1.807, 2.05) is 31.2 Å². The molecule has 0 heterocycles. The molecular formula is C21H17ClN2O2. The van der Waals surface area contributed by atoms with Crippen LogP contribution in [0.2, 0.25) is 5.02 Å². The fourth-order valence-corrected chi connectivity index (χ4v) is 2.51. The summed E-state index contributed by atoms with van der Waals surface area (Å²) in [4.78, 5) is 12.5. The van der Waals surface area contributed by atoms with Crippen molar-refractivity contribution in [3.63, 3.8) is 0 Å². The number of rotatable bonds is 6. The van der Waals surface area contributed by atoms with Crippen molar-refractivity contribution < 1.29 is 9.53 Å². The Morgan fingerprint density at radius 1 is 1.35 bits per heavy atom. The Morgan fingerprint density at radius 3 is 2.81 bits per heavy atom. The van der Waals surface area contributed by atoms with Crippen molar-refractivity contribution in [2.75, 3.05) is 11.9 Å². The van der Waals surface area contributed by atoms with Crippen LogP contribution in [0.4, 0.5) is 5.69 Å². The molecule has 0 radical (unpaired) electrons. The lowest BCUT2D eigenvalue weighted by Crippen LogP contribution is -2.14. The number of hydrogen-bond donors (Lipinski definition) is 1. The Kier molecular flexibility index (Phi) is 6.85. The summed E-state index contributed by atoms with van der Waals surface area (Å²) < 4.78 is 5.44. The number of para-hydroxylation sites is 1. The first-order valence-corrected chi connectivity index (χ1v) is 8.33. The Labute approximate surface area is 158 Å². The van der Waals surface area contributed by atoms with Gasteiger partial charge in [0.1, 0.15) is 24.0 Å². The predicted molar refractivity (Wildman–Crippen MR) is 104 cm³/mol. The van der Waals surface area contributed by atoms with E-state index in [-0.39, 0.29) is 12.2 Å². The lowest BCUT2D eigenvalue weighted by molar-refractivity contribution is -0.112. The molecule has 0 aliphatic heterocycles. The fraction of sp³-hybridized carbons (Fsp3) is 0.143. The van der Waals surface area contributed by atoms with Crippen molar-refractivity contribution in [2.24, 2.45) is 0 Å². The van der Waals surface area contributed by atoms with Gasteiger partial charge in [0.25, 0.3) is 5.91 Å².